The Morgan fingerprint density at radius 3 is 2.41 bits per heavy atom. The highest BCUT2D eigenvalue weighted by molar-refractivity contribution is 6.07. The molecule has 0 spiro atoms. The second-order valence-electron chi connectivity index (χ2n) is 12.2. The third-order valence-corrected chi connectivity index (χ3v) is 11.0. The van der Waals surface area contributed by atoms with E-state index in [0.29, 0.717) is 0 Å². The third kappa shape index (κ3) is 2.09. The molecule has 2 saturated carbocycles. The Morgan fingerprint density at radius 1 is 1.00 bits per heavy atom. The van der Waals surface area contributed by atoms with Crippen LogP contribution in [0.5, 0.6) is 0 Å². The van der Waals surface area contributed by atoms with Crippen LogP contribution in [0.3, 0.4) is 0 Å². The Labute approximate surface area is 192 Å². The summed E-state index contributed by atoms with van der Waals surface area (Å²) >= 11 is 0. The van der Waals surface area contributed by atoms with Gasteiger partial charge in [-0.15, -0.1) is 0 Å². The van der Waals surface area contributed by atoms with E-state index in [1.165, 1.54) is 59.7 Å². The Kier molecular flexibility index (Phi) is 3.74. The SMILES string of the molecule is CCC1(C)c2ccnc3c(C)cc4c5c(c[n+](c4c23)C1(C)CC)C1CC2CC(C1)CC5C2. The zero-order valence-corrected chi connectivity index (χ0v) is 20.5. The molecule has 8 rings (SSSR count). The summed E-state index contributed by atoms with van der Waals surface area (Å²) in [6.07, 6.45) is 14.2. The number of rotatable bonds is 2. The van der Waals surface area contributed by atoms with Crippen LogP contribution in [-0.2, 0) is 11.0 Å². The minimum atomic E-state index is 0.0644. The standard InChI is InChI=1S/C30H37N2/c1-6-29(4)24-8-9-31-27-17(3)10-22-25-21-14-18-11-19(15-21)13-20(12-18)23(25)16-32(28(22)26(24)27)30(29,5)7-2/h8-10,16,18-21H,6-7,11-15H2,1-5H3/q+1. The van der Waals surface area contributed by atoms with Crippen LogP contribution in [0.25, 0.3) is 21.8 Å². The van der Waals surface area contributed by atoms with Crippen LogP contribution in [0, 0.1) is 18.8 Å². The molecule has 0 amide bonds. The summed E-state index contributed by atoms with van der Waals surface area (Å²) < 4.78 is 2.77. The van der Waals surface area contributed by atoms with Crippen molar-refractivity contribution in [3.63, 3.8) is 0 Å². The summed E-state index contributed by atoms with van der Waals surface area (Å²) in [5.41, 5.74) is 9.22. The van der Waals surface area contributed by atoms with Gasteiger partial charge in [-0.25, -0.2) is 0 Å². The molecule has 5 aliphatic rings. The first-order valence-electron chi connectivity index (χ1n) is 13.2. The van der Waals surface area contributed by atoms with E-state index in [-0.39, 0.29) is 11.0 Å². The maximum absolute atomic E-state index is 4.94. The molecular formula is C30H37N2+. The second kappa shape index (κ2) is 6.13. The van der Waals surface area contributed by atoms with Crippen molar-refractivity contribution in [3.05, 3.63) is 46.8 Å². The Morgan fingerprint density at radius 2 is 1.72 bits per heavy atom. The van der Waals surface area contributed by atoms with E-state index in [1.54, 1.807) is 16.5 Å². The number of aromatic nitrogens is 2. The molecule has 3 aromatic rings. The molecule has 2 heteroatoms. The number of pyridine rings is 2. The van der Waals surface area contributed by atoms with E-state index >= 15 is 0 Å². The molecule has 2 nitrogen and oxygen atoms in total. The van der Waals surface area contributed by atoms with Gasteiger partial charge in [-0.1, -0.05) is 13.8 Å². The summed E-state index contributed by atoms with van der Waals surface area (Å²) in [5.74, 6) is 3.45. The average molecular weight is 426 g/mol. The van der Waals surface area contributed by atoms with Gasteiger partial charge in [0, 0.05) is 25.1 Å². The normalized spacial score (nSPS) is 36.8. The van der Waals surface area contributed by atoms with Crippen molar-refractivity contribution in [1.82, 2.24) is 4.98 Å². The maximum atomic E-state index is 4.94. The molecule has 2 fully saturated rings. The molecule has 1 aromatic carbocycles. The zero-order valence-electron chi connectivity index (χ0n) is 20.5. The van der Waals surface area contributed by atoms with Crippen molar-refractivity contribution < 1.29 is 4.57 Å². The van der Waals surface area contributed by atoms with Gasteiger partial charge in [-0.05, 0) is 105 Å². The highest BCUT2D eigenvalue weighted by Crippen LogP contribution is 2.58. The van der Waals surface area contributed by atoms with E-state index in [0.717, 1.165) is 36.5 Å². The predicted octanol–water partition coefficient (Wildman–Crippen LogP) is 7.18. The lowest BCUT2D eigenvalue weighted by molar-refractivity contribution is -0.751. The number of aryl methyl sites for hydroxylation is 1. The van der Waals surface area contributed by atoms with Crippen LogP contribution in [0.2, 0.25) is 0 Å². The van der Waals surface area contributed by atoms with Crippen molar-refractivity contribution in [1.29, 1.82) is 0 Å². The summed E-state index contributed by atoms with van der Waals surface area (Å²) in [6, 6.07) is 4.88. The lowest BCUT2D eigenvalue weighted by atomic mass is 9.61. The van der Waals surface area contributed by atoms with Crippen LogP contribution in [-0.4, -0.2) is 4.98 Å². The number of hydrogen-bond acceptors (Lipinski definition) is 1. The molecule has 166 valence electrons. The zero-order chi connectivity index (χ0) is 22.0. The van der Waals surface area contributed by atoms with Crippen LogP contribution in [0.1, 0.15) is 107 Å². The fourth-order valence-electron chi connectivity index (χ4n) is 9.03. The van der Waals surface area contributed by atoms with Crippen molar-refractivity contribution in [3.8, 4) is 0 Å². The van der Waals surface area contributed by atoms with Gasteiger partial charge in [0.1, 0.15) is 0 Å². The van der Waals surface area contributed by atoms with Gasteiger partial charge >= 0.3 is 0 Å². The summed E-state index contributed by atoms with van der Waals surface area (Å²) in [4.78, 5) is 4.94. The van der Waals surface area contributed by atoms with Gasteiger partial charge < -0.3 is 0 Å². The minimum absolute atomic E-state index is 0.0644. The van der Waals surface area contributed by atoms with Crippen LogP contribution in [0.15, 0.2) is 24.5 Å². The Hall–Kier alpha value is -1.96. The number of benzene rings is 1. The summed E-state index contributed by atoms with van der Waals surface area (Å²) in [5, 5.41) is 3.02. The highest BCUT2D eigenvalue weighted by atomic mass is 15.1. The van der Waals surface area contributed by atoms with Crippen LogP contribution in [0.4, 0.5) is 0 Å². The Bertz CT molecular complexity index is 1290. The van der Waals surface area contributed by atoms with Crippen molar-refractivity contribution in [2.24, 2.45) is 11.8 Å². The van der Waals surface area contributed by atoms with Gasteiger partial charge in [0.15, 0.2) is 11.7 Å². The maximum Gasteiger partial charge on any atom is 0.223 e. The third-order valence-electron chi connectivity index (χ3n) is 11.0. The molecule has 4 aliphatic carbocycles. The van der Waals surface area contributed by atoms with Gasteiger partial charge in [0.25, 0.3) is 0 Å². The first-order valence-corrected chi connectivity index (χ1v) is 13.2. The fraction of sp³-hybridized carbons (Fsp3) is 0.600. The molecule has 1 aliphatic heterocycles. The van der Waals surface area contributed by atoms with Gasteiger partial charge in [0.05, 0.1) is 21.7 Å². The minimum Gasteiger partial charge on any atom is -0.256 e. The van der Waals surface area contributed by atoms with E-state index in [2.05, 4.69) is 63.7 Å². The number of nitrogens with zero attached hydrogens (tertiary/aromatic N) is 2. The predicted molar refractivity (Wildman–Crippen MR) is 131 cm³/mol. The molecule has 32 heavy (non-hydrogen) atoms. The Balaban J connectivity index is 1.71. The smallest absolute Gasteiger partial charge is 0.223 e. The average Bonchev–Trinajstić information content (AvgIpc) is 2.97. The van der Waals surface area contributed by atoms with Crippen LogP contribution < -0.4 is 4.57 Å². The van der Waals surface area contributed by atoms with E-state index in [9.17, 15) is 0 Å². The first kappa shape index (κ1) is 19.5. The van der Waals surface area contributed by atoms with E-state index in [4.69, 9.17) is 4.98 Å². The second-order valence-corrected chi connectivity index (χ2v) is 12.2. The fourth-order valence-corrected chi connectivity index (χ4v) is 9.03. The van der Waals surface area contributed by atoms with Crippen molar-refractivity contribution in [2.45, 2.75) is 102 Å². The number of hydrogen-bond donors (Lipinski definition) is 0. The van der Waals surface area contributed by atoms with Crippen LogP contribution >= 0.6 is 0 Å². The molecule has 0 radical (unpaired) electrons. The molecule has 4 unspecified atom stereocenters. The summed E-state index contributed by atoms with van der Waals surface area (Å²) in [7, 11) is 0. The van der Waals surface area contributed by atoms with E-state index in [1.807, 2.05) is 0 Å². The molecule has 2 aromatic heterocycles. The van der Waals surface area contributed by atoms with Gasteiger partial charge in [0.2, 0.25) is 5.52 Å². The lowest BCUT2D eigenvalue weighted by Gasteiger charge is -2.45. The van der Waals surface area contributed by atoms with Crippen molar-refractivity contribution >= 4 is 21.8 Å². The first-order chi connectivity index (χ1) is 15.4. The summed E-state index contributed by atoms with van der Waals surface area (Å²) in [6.45, 7) is 12.2. The highest BCUT2D eigenvalue weighted by Gasteiger charge is 2.57. The quantitative estimate of drug-likeness (QED) is 0.314. The topological polar surface area (TPSA) is 16.8 Å². The molecule has 0 saturated heterocycles. The molecule has 0 N–H and O–H groups in total. The van der Waals surface area contributed by atoms with Gasteiger partial charge in [-0.3, -0.25) is 4.98 Å². The largest absolute Gasteiger partial charge is 0.256 e. The van der Waals surface area contributed by atoms with Gasteiger partial charge in [-0.2, -0.15) is 4.57 Å². The molecule has 4 bridgehead atoms. The molecule has 4 atom stereocenters. The van der Waals surface area contributed by atoms with Crippen molar-refractivity contribution in [2.75, 3.05) is 0 Å². The molecule has 3 heterocycles. The van der Waals surface area contributed by atoms with E-state index < -0.39 is 0 Å². The lowest BCUT2D eigenvalue weighted by Crippen LogP contribution is -2.66. The monoisotopic (exact) mass is 425 g/mol. The molecular weight excluding hydrogens is 388 g/mol.